The Morgan fingerprint density at radius 2 is 2.12 bits per heavy atom. The van der Waals surface area contributed by atoms with Crippen LogP contribution >= 0.6 is 11.3 Å². The van der Waals surface area contributed by atoms with Gasteiger partial charge in [0.05, 0.1) is 18.4 Å². The summed E-state index contributed by atoms with van der Waals surface area (Å²) in [7, 11) is 1.28. The molecule has 0 bridgehead atoms. The SMILES string of the molecule is COc1ccc(C(F)(F)F)cc1NC(=O)c1c(-c2ccsc2)noc1N. The second-order valence-electron chi connectivity index (χ2n) is 5.15. The highest BCUT2D eigenvalue weighted by atomic mass is 32.1. The molecule has 26 heavy (non-hydrogen) atoms. The van der Waals surface area contributed by atoms with Crippen molar-refractivity contribution in [3.8, 4) is 17.0 Å². The lowest BCUT2D eigenvalue weighted by molar-refractivity contribution is -0.137. The molecule has 10 heteroatoms. The number of nitrogens with two attached hydrogens (primary N) is 1. The molecule has 0 radical (unpaired) electrons. The average Bonchev–Trinajstić information content (AvgIpc) is 3.23. The lowest BCUT2D eigenvalue weighted by Crippen LogP contribution is -2.15. The second-order valence-corrected chi connectivity index (χ2v) is 5.93. The smallest absolute Gasteiger partial charge is 0.416 e. The van der Waals surface area contributed by atoms with E-state index in [-0.39, 0.29) is 28.6 Å². The minimum atomic E-state index is -4.57. The molecule has 3 N–H and O–H groups in total. The maximum atomic E-state index is 12.9. The molecule has 136 valence electrons. The normalized spacial score (nSPS) is 11.4. The number of benzene rings is 1. The van der Waals surface area contributed by atoms with E-state index in [1.165, 1.54) is 18.4 Å². The Balaban J connectivity index is 1.98. The molecule has 0 aliphatic carbocycles. The van der Waals surface area contributed by atoms with E-state index in [0.29, 0.717) is 5.56 Å². The van der Waals surface area contributed by atoms with E-state index in [9.17, 15) is 18.0 Å². The summed E-state index contributed by atoms with van der Waals surface area (Å²) in [4.78, 5) is 12.6. The fraction of sp³-hybridized carbons (Fsp3) is 0.125. The van der Waals surface area contributed by atoms with Gasteiger partial charge in [-0.2, -0.15) is 24.5 Å². The minimum absolute atomic E-state index is 0.0668. The van der Waals surface area contributed by atoms with Gasteiger partial charge in [0.15, 0.2) is 0 Å². The molecule has 0 aliphatic heterocycles. The zero-order valence-corrected chi connectivity index (χ0v) is 14.1. The number of methoxy groups -OCH3 is 1. The van der Waals surface area contributed by atoms with E-state index >= 15 is 0 Å². The van der Waals surface area contributed by atoms with Crippen LogP contribution in [-0.2, 0) is 6.18 Å². The number of carbonyl (C=O) groups excluding carboxylic acids is 1. The molecule has 0 spiro atoms. The van der Waals surface area contributed by atoms with Crippen LogP contribution in [0.15, 0.2) is 39.5 Å². The number of hydrogen-bond donors (Lipinski definition) is 2. The van der Waals surface area contributed by atoms with E-state index in [0.717, 1.165) is 18.2 Å². The van der Waals surface area contributed by atoms with Crippen LogP contribution in [0.2, 0.25) is 0 Å². The highest BCUT2D eigenvalue weighted by Crippen LogP contribution is 2.36. The third kappa shape index (κ3) is 3.36. The molecule has 3 aromatic rings. The van der Waals surface area contributed by atoms with Crippen molar-refractivity contribution >= 4 is 28.8 Å². The number of halogens is 3. The fourth-order valence-corrected chi connectivity index (χ4v) is 2.93. The number of alkyl halides is 3. The molecular formula is C16H12F3N3O3S. The number of aromatic nitrogens is 1. The second kappa shape index (κ2) is 6.71. The lowest BCUT2D eigenvalue weighted by Gasteiger charge is -2.13. The van der Waals surface area contributed by atoms with Crippen molar-refractivity contribution in [2.24, 2.45) is 0 Å². The van der Waals surface area contributed by atoms with Gasteiger partial charge in [-0.1, -0.05) is 5.16 Å². The van der Waals surface area contributed by atoms with E-state index in [1.54, 1.807) is 16.8 Å². The molecule has 3 rings (SSSR count). The van der Waals surface area contributed by atoms with Crippen LogP contribution in [-0.4, -0.2) is 18.2 Å². The van der Waals surface area contributed by atoms with Gasteiger partial charge in [0.25, 0.3) is 5.91 Å². The Morgan fingerprint density at radius 1 is 1.35 bits per heavy atom. The van der Waals surface area contributed by atoms with E-state index < -0.39 is 17.6 Å². The Morgan fingerprint density at radius 3 is 2.73 bits per heavy atom. The summed E-state index contributed by atoms with van der Waals surface area (Å²) in [6.45, 7) is 0. The Labute approximate surface area is 149 Å². The highest BCUT2D eigenvalue weighted by Gasteiger charge is 2.32. The molecule has 6 nitrogen and oxygen atoms in total. The monoisotopic (exact) mass is 383 g/mol. The molecule has 0 fully saturated rings. The molecule has 0 saturated heterocycles. The van der Waals surface area contributed by atoms with Gasteiger partial charge in [0.2, 0.25) is 5.88 Å². The molecule has 0 aliphatic rings. The molecule has 2 heterocycles. The summed E-state index contributed by atoms with van der Waals surface area (Å²) < 4.78 is 48.7. The topological polar surface area (TPSA) is 90.4 Å². The van der Waals surface area contributed by atoms with Gasteiger partial charge in [0.1, 0.15) is 17.0 Å². The third-order valence-electron chi connectivity index (χ3n) is 3.52. The summed E-state index contributed by atoms with van der Waals surface area (Å²) in [5.41, 5.74) is 5.34. The largest absolute Gasteiger partial charge is 0.495 e. The molecule has 0 atom stereocenters. The van der Waals surface area contributed by atoms with Crippen LogP contribution in [0.4, 0.5) is 24.7 Å². The molecule has 2 aromatic heterocycles. The summed E-state index contributed by atoms with van der Waals surface area (Å²) in [5, 5.41) is 9.64. The van der Waals surface area contributed by atoms with Gasteiger partial charge in [-0.15, -0.1) is 0 Å². The zero-order valence-electron chi connectivity index (χ0n) is 13.3. The number of nitrogens with one attached hydrogen (secondary N) is 1. The highest BCUT2D eigenvalue weighted by molar-refractivity contribution is 7.08. The maximum Gasteiger partial charge on any atom is 0.416 e. The predicted octanol–water partition coefficient (Wildman–Crippen LogP) is 4.27. The maximum absolute atomic E-state index is 12.9. The lowest BCUT2D eigenvalue weighted by atomic mass is 10.1. The van der Waals surface area contributed by atoms with Crippen LogP contribution in [0.25, 0.3) is 11.3 Å². The zero-order chi connectivity index (χ0) is 18.9. The van der Waals surface area contributed by atoms with Gasteiger partial charge in [0, 0.05) is 10.9 Å². The van der Waals surface area contributed by atoms with Gasteiger partial charge >= 0.3 is 6.18 Å². The van der Waals surface area contributed by atoms with Crippen molar-refractivity contribution in [2.75, 3.05) is 18.2 Å². The van der Waals surface area contributed by atoms with E-state index in [4.69, 9.17) is 15.0 Å². The van der Waals surface area contributed by atoms with Crippen molar-refractivity contribution in [2.45, 2.75) is 6.18 Å². The third-order valence-corrected chi connectivity index (χ3v) is 4.20. The number of nitrogens with zero attached hydrogens (tertiary/aromatic N) is 1. The van der Waals surface area contributed by atoms with Crippen LogP contribution in [0.3, 0.4) is 0 Å². The van der Waals surface area contributed by atoms with Crippen molar-refractivity contribution in [3.63, 3.8) is 0 Å². The first-order valence-corrected chi connectivity index (χ1v) is 8.10. The van der Waals surface area contributed by atoms with Crippen LogP contribution < -0.4 is 15.8 Å². The number of amides is 1. The van der Waals surface area contributed by atoms with Gasteiger partial charge in [-0.05, 0) is 29.6 Å². The first kappa shape index (κ1) is 17.8. The van der Waals surface area contributed by atoms with Gasteiger partial charge in [-0.25, -0.2) is 0 Å². The summed E-state index contributed by atoms with van der Waals surface area (Å²) >= 11 is 1.38. The average molecular weight is 383 g/mol. The van der Waals surface area contributed by atoms with Crippen molar-refractivity contribution in [1.82, 2.24) is 5.16 Å². The van der Waals surface area contributed by atoms with Crippen molar-refractivity contribution in [1.29, 1.82) is 0 Å². The first-order chi connectivity index (χ1) is 12.3. The number of nitrogen functional groups attached to an aromatic ring is 1. The Bertz CT molecular complexity index is 936. The van der Waals surface area contributed by atoms with Crippen LogP contribution in [0.5, 0.6) is 5.75 Å². The fourth-order valence-electron chi connectivity index (χ4n) is 2.29. The van der Waals surface area contributed by atoms with E-state index in [2.05, 4.69) is 10.5 Å². The molecular weight excluding hydrogens is 371 g/mol. The van der Waals surface area contributed by atoms with Gasteiger partial charge < -0.3 is 20.3 Å². The standard InChI is InChI=1S/C16H12F3N3O3S/c1-24-11-3-2-9(16(17,18)19)6-10(11)21-15(23)12-13(22-25-14(12)20)8-4-5-26-7-8/h2-7H,20H2,1H3,(H,21,23). The van der Waals surface area contributed by atoms with Crippen molar-refractivity contribution < 1.29 is 27.2 Å². The Hall–Kier alpha value is -3.01. The Kier molecular flexibility index (Phi) is 4.60. The molecule has 1 amide bonds. The van der Waals surface area contributed by atoms with Crippen LogP contribution in [0, 0.1) is 0 Å². The quantitative estimate of drug-likeness (QED) is 0.702. The molecule has 0 saturated carbocycles. The number of thiophene rings is 1. The predicted molar refractivity (Wildman–Crippen MR) is 90.2 cm³/mol. The summed E-state index contributed by atoms with van der Waals surface area (Å²) in [6.07, 6.45) is -4.57. The molecule has 1 aromatic carbocycles. The number of hydrogen-bond acceptors (Lipinski definition) is 6. The number of carbonyl (C=O) groups is 1. The molecule has 0 unspecified atom stereocenters. The number of rotatable bonds is 4. The van der Waals surface area contributed by atoms with E-state index in [1.807, 2.05) is 0 Å². The van der Waals surface area contributed by atoms with Crippen molar-refractivity contribution in [3.05, 3.63) is 46.2 Å². The summed E-state index contributed by atoms with van der Waals surface area (Å²) in [6, 6.07) is 4.47. The number of anilines is 2. The number of ether oxygens (including phenoxy) is 1. The summed E-state index contributed by atoms with van der Waals surface area (Å²) in [5.74, 6) is -0.935. The first-order valence-electron chi connectivity index (χ1n) is 7.15. The van der Waals surface area contributed by atoms with Crippen LogP contribution in [0.1, 0.15) is 15.9 Å². The minimum Gasteiger partial charge on any atom is -0.495 e. The van der Waals surface area contributed by atoms with Gasteiger partial charge in [-0.3, -0.25) is 4.79 Å².